The van der Waals surface area contributed by atoms with E-state index < -0.39 is 5.97 Å². The summed E-state index contributed by atoms with van der Waals surface area (Å²) in [5.41, 5.74) is 0.522. The maximum absolute atomic E-state index is 11.7. The highest BCUT2D eigenvalue weighted by Gasteiger charge is 2.06. The lowest BCUT2D eigenvalue weighted by Gasteiger charge is -2.07. The maximum atomic E-state index is 11.7. The molecular formula is C16H22N2O4. The Labute approximate surface area is 129 Å². The van der Waals surface area contributed by atoms with Gasteiger partial charge >= 0.3 is 5.97 Å². The van der Waals surface area contributed by atoms with E-state index in [2.05, 4.69) is 10.6 Å². The van der Waals surface area contributed by atoms with Gasteiger partial charge in [-0.2, -0.15) is 0 Å². The van der Waals surface area contributed by atoms with Crippen molar-refractivity contribution in [2.45, 2.75) is 32.1 Å². The molecule has 0 aliphatic carbocycles. The summed E-state index contributed by atoms with van der Waals surface area (Å²) in [7, 11) is 0. The van der Waals surface area contributed by atoms with Crippen LogP contribution in [0.3, 0.4) is 0 Å². The Morgan fingerprint density at radius 3 is 2.27 bits per heavy atom. The molecule has 120 valence electrons. The average Bonchev–Trinajstić information content (AvgIpc) is 2.52. The lowest BCUT2D eigenvalue weighted by molar-refractivity contribution is -0.137. The van der Waals surface area contributed by atoms with E-state index in [1.807, 2.05) is 6.07 Å². The Balaban J connectivity index is 2.04. The number of nitrogens with one attached hydrogen (secondary N) is 2. The number of aliphatic carboxylic acids is 1. The number of carboxylic acid groups (broad SMARTS) is 1. The Kier molecular flexibility index (Phi) is 8.33. The van der Waals surface area contributed by atoms with Gasteiger partial charge in [0.1, 0.15) is 0 Å². The fraction of sp³-hybridized carbons (Fsp3) is 0.438. The van der Waals surface area contributed by atoms with Crippen molar-refractivity contribution in [1.82, 2.24) is 10.6 Å². The van der Waals surface area contributed by atoms with E-state index in [0.717, 1.165) is 19.3 Å². The van der Waals surface area contributed by atoms with Crippen LogP contribution in [0.15, 0.2) is 30.3 Å². The van der Waals surface area contributed by atoms with Crippen LogP contribution in [0.5, 0.6) is 0 Å². The second-order valence-electron chi connectivity index (χ2n) is 4.96. The van der Waals surface area contributed by atoms with E-state index in [-0.39, 0.29) is 24.8 Å². The number of hydrogen-bond acceptors (Lipinski definition) is 3. The van der Waals surface area contributed by atoms with Gasteiger partial charge in [0.2, 0.25) is 5.91 Å². The largest absolute Gasteiger partial charge is 0.481 e. The number of carbonyl (C=O) groups excluding carboxylic acids is 2. The monoisotopic (exact) mass is 306 g/mol. The van der Waals surface area contributed by atoms with Crippen LogP contribution in [0, 0.1) is 0 Å². The minimum Gasteiger partial charge on any atom is -0.481 e. The Morgan fingerprint density at radius 2 is 1.59 bits per heavy atom. The molecule has 0 atom stereocenters. The summed E-state index contributed by atoms with van der Waals surface area (Å²) >= 11 is 0. The average molecular weight is 306 g/mol. The van der Waals surface area contributed by atoms with E-state index >= 15 is 0 Å². The summed E-state index contributed by atoms with van der Waals surface area (Å²) in [5, 5.41) is 13.8. The third-order valence-electron chi connectivity index (χ3n) is 3.09. The van der Waals surface area contributed by atoms with E-state index in [0.29, 0.717) is 18.5 Å². The zero-order valence-corrected chi connectivity index (χ0v) is 12.5. The molecule has 0 heterocycles. The number of benzene rings is 1. The molecule has 1 aromatic carbocycles. The van der Waals surface area contributed by atoms with Crippen molar-refractivity contribution in [2.24, 2.45) is 0 Å². The molecule has 2 amide bonds. The molecule has 0 saturated heterocycles. The predicted octanol–water partition coefficient (Wildman–Crippen LogP) is 1.57. The number of carbonyl (C=O) groups is 3. The van der Waals surface area contributed by atoms with Crippen LogP contribution in [0.1, 0.15) is 42.5 Å². The molecule has 0 unspecified atom stereocenters. The normalized spacial score (nSPS) is 10.0. The van der Waals surface area contributed by atoms with Gasteiger partial charge in [0.15, 0.2) is 0 Å². The first kappa shape index (κ1) is 17.7. The highest BCUT2D eigenvalue weighted by atomic mass is 16.4. The van der Waals surface area contributed by atoms with Gasteiger partial charge in [0, 0.05) is 18.5 Å². The summed E-state index contributed by atoms with van der Waals surface area (Å²) in [6.45, 7) is 0.486. The number of hydrogen-bond donors (Lipinski definition) is 3. The smallest absolute Gasteiger partial charge is 0.303 e. The zero-order valence-electron chi connectivity index (χ0n) is 12.5. The summed E-state index contributed by atoms with van der Waals surface area (Å²) in [5.74, 6) is -1.28. The van der Waals surface area contributed by atoms with E-state index in [4.69, 9.17) is 5.11 Å². The molecule has 3 N–H and O–H groups in total. The van der Waals surface area contributed by atoms with Gasteiger partial charge in [-0.15, -0.1) is 0 Å². The first-order valence-corrected chi connectivity index (χ1v) is 7.41. The van der Waals surface area contributed by atoms with Crippen molar-refractivity contribution in [3.05, 3.63) is 35.9 Å². The van der Waals surface area contributed by atoms with Gasteiger partial charge < -0.3 is 15.7 Å². The zero-order chi connectivity index (χ0) is 16.2. The van der Waals surface area contributed by atoms with Gasteiger partial charge in [-0.25, -0.2) is 0 Å². The molecule has 0 spiro atoms. The molecule has 22 heavy (non-hydrogen) atoms. The summed E-state index contributed by atoms with van der Waals surface area (Å²) in [6, 6.07) is 8.72. The Morgan fingerprint density at radius 1 is 0.909 bits per heavy atom. The first-order chi connectivity index (χ1) is 10.6. The van der Waals surface area contributed by atoms with Crippen molar-refractivity contribution in [2.75, 3.05) is 13.1 Å². The van der Waals surface area contributed by atoms with Crippen LogP contribution in [-0.4, -0.2) is 36.0 Å². The third kappa shape index (κ3) is 8.04. The predicted molar refractivity (Wildman–Crippen MR) is 82.5 cm³/mol. The van der Waals surface area contributed by atoms with Crippen LogP contribution in [0.4, 0.5) is 0 Å². The quantitative estimate of drug-likeness (QED) is 0.572. The highest BCUT2D eigenvalue weighted by Crippen LogP contribution is 2.02. The molecule has 0 fully saturated rings. The molecule has 0 bridgehead atoms. The van der Waals surface area contributed by atoms with Crippen molar-refractivity contribution in [3.8, 4) is 0 Å². The molecule has 0 aromatic heterocycles. The minimum absolute atomic E-state index is 0.0489. The van der Waals surface area contributed by atoms with E-state index in [9.17, 15) is 14.4 Å². The van der Waals surface area contributed by atoms with Crippen LogP contribution in [0.25, 0.3) is 0 Å². The summed E-state index contributed by atoms with van der Waals surface area (Å²) in [4.78, 5) is 33.6. The van der Waals surface area contributed by atoms with Crippen LogP contribution < -0.4 is 10.6 Å². The van der Waals surface area contributed by atoms with Gasteiger partial charge in [-0.3, -0.25) is 14.4 Å². The van der Waals surface area contributed by atoms with Crippen LogP contribution in [0.2, 0.25) is 0 Å². The maximum Gasteiger partial charge on any atom is 0.303 e. The number of unbranched alkanes of at least 4 members (excludes halogenated alkanes) is 3. The minimum atomic E-state index is -0.775. The van der Waals surface area contributed by atoms with Crippen molar-refractivity contribution in [3.63, 3.8) is 0 Å². The Bertz CT molecular complexity index is 488. The fourth-order valence-corrected chi connectivity index (χ4v) is 1.90. The fourth-order valence-electron chi connectivity index (χ4n) is 1.90. The van der Waals surface area contributed by atoms with E-state index in [1.54, 1.807) is 24.3 Å². The van der Waals surface area contributed by atoms with Crippen molar-refractivity contribution >= 4 is 17.8 Å². The number of amides is 2. The molecule has 6 heteroatoms. The second-order valence-corrected chi connectivity index (χ2v) is 4.96. The topological polar surface area (TPSA) is 95.5 Å². The molecule has 1 rings (SSSR count). The SMILES string of the molecule is O=C(O)CCCCCCNC(=O)CNC(=O)c1ccccc1. The second kappa shape index (κ2) is 10.4. The molecule has 0 saturated carbocycles. The van der Waals surface area contributed by atoms with Gasteiger partial charge in [-0.1, -0.05) is 31.0 Å². The van der Waals surface area contributed by atoms with E-state index in [1.165, 1.54) is 0 Å². The molecule has 0 aliphatic rings. The Hall–Kier alpha value is -2.37. The summed E-state index contributed by atoms with van der Waals surface area (Å²) in [6.07, 6.45) is 3.38. The van der Waals surface area contributed by atoms with Gasteiger partial charge in [0.25, 0.3) is 5.91 Å². The van der Waals surface area contributed by atoms with Gasteiger partial charge in [-0.05, 0) is 25.0 Å². The lowest BCUT2D eigenvalue weighted by atomic mass is 10.1. The molecule has 0 aliphatic heterocycles. The molecule has 0 radical (unpaired) electrons. The lowest BCUT2D eigenvalue weighted by Crippen LogP contribution is -2.37. The van der Waals surface area contributed by atoms with Crippen LogP contribution >= 0.6 is 0 Å². The van der Waals surface area contributed by atoms with Crippen molar-refractivity contribution < 1.29 is 19.5 Å². The molecule has 6 nitrogen and oxygen atoms in total. The van der Waals surface area contributed by atoms with Gasteiger partial charge in [0.05, 0.1) is 6.54 Å². The standard InChI is InChI=1S/C16H22N2O4/c19-14(17-11-7-2-1-6-10-15(20)21)12-18-16(22)13-8-4-3-5-9-13/h3-5,8-9H,1-2,6-7,10-12H2,(H,17,19)(H,18,22)(H,20,21). The molecular weight excluding hydrogens is 284 g/mol. The molecule has 1 aromatic rings. The number of carboxylic acids is 1. The van der Waals surface area contributed by atoms with Crippen molar-refractivity contribution in [1.29, 1.82) is 0 Å². The third-order valence-corrected chi connectivity index (χ3v) is 3.09. The number of rotatable bonds is 10. The highest BCUT2D eigenvalue weighted by molar-refractivity contribution is 5.96. The van der Waals surface area contributed by atoms with Crippen LogP contribution in [-0.2, 0) is 9.59 Å². The summed E-state index contributed by atoms with van der Waals surface area (Å²) < 4.78 is 0. The first-order valence-electron chi connectivity index (χ1n) is 7.41.